The molecule has 19 heavy (non-hydrogen) atoms. The Morgan fingerprint density at radius 2 is 1.89 bits per heavy atom. The molecule has 2 rings (SSSR count). The molecule has 0 saturated carbocycles. The van der Waals surface area contributed by atoms with Gasteiger partial charge < -0.3 is 4.57 Å². The Kier molecular flexibility index (Phi) is 4.00. The predicted octanol–water partition coefficient (Wildman–Crippen LogP) is 3.26. The minimum Gasteiger partial charge on any atom is -0.324 e. The summed E-state index contributed by atoms with van der Waals surface area (Å²) in [5.74, 6) is 0.264. The van der Waals surface area contributed by atoms with Crippen molar-refractivity contribution in [1.82, 2.24) is 4.57 Å². The van der Waals surface area contributed by atoms with E-state index < -0.39 is 0 Å². The van der Waals surface area contributed by atoms with Crippen molar-refractivity contribution in [2.45, 2.75) is 26.7 Å². The molecule has 2 aromatic rings. The van der Waals surface area contributed by atoms with Gasteiger partial charge in [0.05, 0.1) is 0 Å². The fourth-order valence-corrected chi connectivity index (χ4v) is 3.03. The third-order valence-electron chi connectivity index (χ3n) is 3.09. The summed E-state index contributed by atoms with van der Waals surface area (Å²) < 4.78 is 1.99. The lowest BCUT2D eigenvalue weighted by atomic mass is 10.1. The van der Waals surface area contributed by atoms with Crippen LogP contribution in [0.1, 0.15) is 40.7 Å². The smallest absolute Gasteiger partial charge is 0.279 e. The molecule has 1 aromatic carbocycles. The number of hydrogen-bond acceptors (Lipinski definition) is 2. The first-order valence-corrected chi connectivity index (χ1v) is 7.12. The van der Waals surface area contributed by atoms with Gasteiger partial charge in [-0.3, -0.25) is 4.79 Å². The number of carbonyl (C=O) groups excluding carboxylic acids is 1. The second kappa shape index (κ2) is 5.53. The van der Waals surface area contributed by atoms with Crippen LogP contribution in [0.4, 0.5) is 0 Å². The van der Waals surface area contributed by atoms with Gasteiger partial charge in [0.15, 0.2) is 4.80 Å². The van der Waals surface area contributed by atoms with E-state index in [1.54, 1.807) is 23.5 Å². The molecule has 0 unspecified atom stereocenters. The van der Waals surface area contributed by atoms with Crippen LogP contribution in [0, 0.1) is 6.92 Å². The van der Waals surface area contributed by atoms with Crippen LogP contribution in [0.5, 0.6) is 0 Å². The molecule has 1 aromatic heterocycles. The van der Waals surface area contributed by atoms with Crippen molar-refractivity contribution in [2.75, 3.05) is 0 Å². The number of aromatic nitrogens is 1. The highest BCUT2D eigenvalue weighted by Crippen LogP contribution is 2.21. The van der Waals surface area contributed by atoms with E-state index in [-0.39, 0.29) is 5.91 Å². The summed E-state index contributed by atoms with van der Waals surface area (Å²) in [6.07, 6.45) is 0. The maximum Gasteiger partial charge on any atom is 0.279 e. The largest absolute Gasteiger partial charge is 0.324 e. The molecule has 1 heterocycles. The standard InChI is InChI=1S/C15H18N2OS/c1-10(2)13-11(3)17(4)15(19-13)16-14(18)12-8-6-5-7-9-12/h5-10H,1-4H3. The Morgan fingerprint density at radius 3 is 2.42 bits per heavy atom. The summed E-state index contributed by atoms with van der Waals surface area (Å²) in [4.78, 5) is 18.4. The van der Waals surface area contributed by atoms with E-state index in [0.29, 0.717) is 11.5 Å². The predicted molar refractivity (Wildman–Crippen MR) is 78.5 cm³/mol. The van der Waals surface area contributed by atoms with E-state index in [1.807, 2.05) is 29.8 Å². The fraction of sp³-hybridized carbons (Fsp3) is 0.333. The topological polar surface area (TPSA) is 34.4 Å². The van der Waals surface area contributed by atoms with Gasteiger partial charge in [0, 0.05) is 23.2 Å². The first-order valence-electron chi connectivity index (χ1n) is 6.31. The van der Waals surface area contributed by atoms with Gasteiger partial charge in [-0.2, -0.15) is 4.99 Å². The van der Waals surface area contributed by atoms with Crippen LogP contribution >= 0.6 is 11.3 Å². The van der Waals surface area contributed by atoms with Crippen molar-refractivity contribution < 1.29 is 4.79 Å². The second-order valence-electron chi connectivity index (χ2n) is 4.83. The minimum atomic E-state index is -0.187. The summed E-state index contributed by atoms with van der Waals surface area (Å²) in [7, 11) is 1.95. The molecule has 0 aliphatic carbocycles. The van der Waals surface area contributed by atoms with Crippen molar-refractivity contribution in [3.8, 4) is 0 Å². The van der Waals surface area contributed by atoms with Gasteiger partial charge >= 0.3 is 0 Å². The first kappa shape index (κ1) is 13.7. The van der Waals surface area contributed by atoms with Gasteiger partial charge in [-0.1, -0.05) is 32.0 Å². The van der Waals surface area contributed by atoms with E-state index in [0.717, 1.165) is 4.80 Å². The molecule has 4 heteroatoms. The Hall–Kier alpha value is -1.68. The average Bonchev–Trinajstić information content (AvgIpc) is 2.68. The zero-order valence-corrected chi connectivity index (χ0v) is 12.5. The molecule has 0 spiro atoms. The monoisotopic (exact) mass is 274 g/mol. The third kappa shape index (κ3) is 2.84. The van der Waals surface area contributed by atoms with E-state index in [1.165, 1.54) is 10.6 Å². The SMILES string of the molecule is Cc1c(C(C)C)sc(=NC(=O)c2ccccc2)n1C. The summed E-state index contributed by atoms with van der Waals surface area (Å²) in [5, 5.41) is 0. The number of hydrogen-bond donors (Lipinski definition) is 0. The Morgan fingerprint density at radius 1 is 1.26 bits per heavy atom. The van der Waals surface area contributed by atoms with Gasteiger partial charge in [-0.15, -0.1) is 11.3 Å². The zero-order chi connectivity index (χ0) is 14.0. The lowest BCUT2D eigenvalue weighted by Crippen LogP contribution is -2.14. The van der Waals surface area contributed by atoms with Gasteiger partial charge in [-0.25, -0.2) is 0 Å². The molecule has 0 aliphatic rings. The molecule has 0 atom stereocenters. The third-order valence-corrected chi connectivity index (χ3v) is 4.62. The van der Waals surface area contributed by atoms with Crippen molar-refractivity contribution >= 4 is 17.2 Å². The Balaban J connectivity index is 2.45. The van der Waals surface area contributed by atoms with Gasteiger partial charge in [0.25, 0.3) is 5.91 Å². The molecule has 0 aliphatic heterocycles. The quantitative estimate of drug-likeness (QED) is 0.827. The summed E-state index contributed by atoms with van der Waals surface area (Å²) in [5.41, 5.74) is 1.80. The summed E-state index contributed by atoms with van der Waals surface area (Å²) in [6.45, 7) is 6.38. The number of benzene rings is 1. The highest BCUT2D eigenvalue weighted by molar-refractivity contribution is 7.09. The molecule has 0 fully saturated rings. The fourth-order valence-electron chi connectivity index (χ4n) is 1.92. The van der Waals surface area contributed by atoms with Crippen molar-refractivity contribution in [1.29, 1.82) is 0 Å². The Labute approximate surface area is 117 Å². The normalized spacial score (nSPS) is 12.2. The molecule has 100 valence electrons. The lowest BCUT2D eigenvalue weighted by molar-refractivity contribution is 0.0998. The van der Waals surface area contributed by atoms with E-state index in [9.17, 15) is 4.79 Å². The molecule has 0 radical (unpaired) electrons. The van der Waals surface area contributed by atoms with Crippen LogP contribution in [0.25, 0.3) is 0 Å². The van der Waals surface area contributed by atoms with Crippen LogP contribution in [-0.2, 0) is 7.05 Å². The van der Waals surface area contributed by atoms with Crippen molar-refractivity contribution in [3.05, 3.63) is 51.3 Å². The van der Waals surface area contributed by atoms with E-state index in [2.05, 4.69) is 25.8 Å². The maximum atomic E-state index is 12.1. The molecule has 0 bridgehead atoms. The maximum absolute atomic E-state index is 12.1. The van der Waals surface area contributed by atoms with Crippen LogP contribution in [0.2, 0.25) is 0 Å². The summed E-state index contributed by atoms with van der Waals surface area (Å²) >= 11 is 1.59. The number of amides is 1. The first-order chi connectivity index (χ1) is 9.00. The molecular weight excluding hydrogens is 256 g/mol. The van der Waals surface area contributed by atoms with Crippen LogP contribution in [0.3, 0.4) is 0 Å². The molecule has 1 amide bonds. The number of carbonyl (C=O) groups is 1. The van der Waals surface area contributed by atoms with Crippen LogP contribution in [-0.4, -0.2) is 10.5 Å². The van der Waals surface area contributed by atoms with Gasteiger partial charge in [-0.05, 0) is 25.0 Å². The number of rotatable bonds is 2. The molecule has 3 nitrogen and oxygen atoms in total. The minimum absolute atomic E-state index is 0.187. The van der Waals surface area contributed by atoms with Crippen LogP contribution in [0.15, 0.2) is 35.3 Å². The summed E-state index contributed by atoms with van der Waals surface area (Å²) in [6, 6.07) is 9.16. The number of thiazole rings is 1. The molecule has 0 N–H and O–H groups in total. The lowest BCUT2D eigenvalue weighted by Gasteiger charge is -2.02. The highest BCUT2D eigenvalue weighted by atomic mass is 32.1. The molecule has 0 saturated heterocycles. The number of nitrogens with zero attached hydrogens (tertiary/aromatic N) is 2. The van der Waals surface area contributed by atoms with Crippen molar-refractivity contribution in [3.63, 3.8) is 0 Å². The zero-order valence-electron chi connectivity index (χ0n) is 11.7. The van der Waals surface area contributed by atoms with Gasteiger partial charge in [0.1, 0.15) is 0 Å². The van der Waals surface area contributed by atoms with Crippen molar-refractivity contribution in [2.24, 2.45) is 12.0 Å². The highest BCUT2D eigenvalue weighted by Gasteiger charge is 2.11. The molecular formula is C15H18N2OS. The van der Waals surface area contributed by atoms with E-state index >= 15 is 0 Å². The van der Waals surface area contributed by atoms with Crippen LogP contribution < -0.4 is 4.80 Å². The van der Waals surface area contributed by atoms with Gasteiger partial charge in [0.2, 0.25) is 0 Å². The average molecular weight is 274 g/mol. The second-order valence-corrected chi connectivity index (χ2v) is 5.84. The van der Waals surface area contributed by atoms with E-state index in [4.69, 9.17) is 0 Å². The Bertz CT molecular complexity index is 651.